The first kappa shape index (κ1) is 19.7. The maximum absolute atomic E-state index is 12.7. The molecule has 0 saturated carbocycles. The van der Waals surface area contributed by atoms with Crippen LogP contribution in [0.3, 0.4) is 0 Å². The highest BCUT2D eigenvalue weighted by molar-refractivity contribution is 5.76. The van der Waals surface area contributed by atoms with Crippen molar-refractivity contribution < 1.29 is 14.3 Å². The van der Waals surface area contributed by atoms with Crippen LogP contribution in [0.4, 0.5) is 0 Å². The van der Waals surface area contributed by atoms with Crippen LogP contribution in [-0.4, -0.2) is 62.2 Å². The number of nitrogens with zero attached hydrogens (tertiary/aromatic N) is 2. The zero-order valence-electron chi connectivity index (χ0n) is 15.7. The molecule has 5 nitrogen and oxygen atoms in total. The molecule has 1 aliphatic heterocycles. The molecule has 0 bridgehead atoms. The molecule has 5 heteroatoms. The molecule has 1 aromatic carbocycles. The summed E-state index contributed by atoms with van der Waals surface area (Å²) in [7, 11) is 1.68. The van der Waals surface area contributed by atoms with E-state index < -0.39 is 0 Å². The molecular formula is C20H32N2O3. The lowest BCUT2D eigenvalue weighted by molar-refractivity contribution is -0.132. The number of para-hydroxylation sites is 1. The van der Waals surface area contributed by atoms with Gasteiger partial charge in [-0.25, -0.2) is 0 Å². The van der Waals surface area contributed by atoms with Crippen LogP contribution in [0.2, 0.25) is 0 Å². The monoisotopic (exact) mass is 348 g/mol. The molecule has 1 saturated heterocycles. The van der Waals surface area contributed by atoms with Gasteiger partial charge in [0.25, 0.3) is 0 Å². The van der Waals surface area contributed by atoms with Gasteiger partial charge in [0.1, 0.15) is 5.75 Å². The molecule has 0 N–H and O–H groups in total. The molecule has 1 fully saturated rings. The Hall–Kier alpha value is -1.59. The SMILES string of the molecule is CCCCCC(=O)N(CCN1CCOCC1)Cc1ccccc1OC. The minimum Gasteiger partial charge on any atom is -0.496 e. The molecule has 0 atom stereocenters. The molecule has 1 amide bonds. The summed E-state index contributed by atoms with van der Waals surface area (Å²) in [5, 5.41) is 0. The van der Waals surface area contributed by atoms with Crippen molar-refractivity contribution in [2.24, 2.45) is 0 Å². The first-order valence-corrected chi connectivity index (χ1v) is 9.44. The van der Waals surface area contributed by atoms with Crippen molar-refractivity contribution in [2.75, 3.05) is 46.5 Å². The van der Waals surface area contributed by atoms with Crippen molar-refractivity contribution in [3.05, 3.63) is 29.8 Å². The Kier molecular flexibility index (Phi) is 8.77. The average molecular weight is 348 g/mol. The van der Waals surface area contributed by atoms with E-state index in [1.54, 1.807) is 7.11 Å². The van der Waals surface area contributed by atoms with Crippen molar-refractivity contribution in [3.63, 3.8) is 0 Å². The molecule has 0 aromatic heterocycles. The number of carbonyl (C=O) groups is 1. The summed E-state index contributed by atoms with van der Waals surface area (Å²) < 4.78 is 10.9. The maximum atomic E-state index is 12.7. The van der Waals surface area contributed by atoms with Crippen LogP contribution in [0.25, 0.3) is 0 Å². The lowest BCUT2D eigenvalue weighted by Crippen LogP contribution is -2.42. The van der Waals surface area contributed by atoms with Crippen molar-refractivity contribution in [3.8, 4) is 5.75 Å². The van der Waals surface area contributed by atoms with Crippen molar-refractivity contribution in [1.29, 1.82) is 0 Å². The number of hydrogen-bond donors (Lipinski definition) is 0. The second kappa shape index (κ2) is 11.1. The average Bonchev–Trinajstić information content (AvgIpc) is 2.66. The van der Waals surface area contributed by atoms with Gasteiger partial charge in [0.2, 0.25) is 5.91 Å². The van der Waals surface area contributed by atoms with Gasteiger partial charge in [0, 0.05) is 44.7 Å². The third kappa shape index (κ3) is 6.67. The van der Waals surface area contributed by atoms with Crippen LogP contribution in [0.5, 0.6) is 5.75 Å². The van der Waals surface area contributed by atoms with E-state index in [2.05, 4.69) is 11.8 Å². The maximum Gasteiger partial charge on any atom is 0.222 e. The Labute approximate surface area is 151 Å². The summed E-state index contributed by atoms with van der Waals surface area (Å²) in [5.74, 6) is 1.09. The largest absolute Gasteiger partial charge is 0.496 e. The number of carbonyl (C=O) groups excluding carboxylic acids is 1. The highest BCUT2D eigenvalue weighted by Gasteiger charge is 2.18. The number of unbranched alkanes of at least 4 members (excludes halogenated alkanes) is 2. The third-order valence-corrected chi connectivity index (χ3v) is 4.69. The highest BCUT2D eigenvalue weighted by Crippen LogP contribution is 2.20. The summed E-state index contributed by atoms with van der Waals surface area (Å²) in [4.78, 5) is 17.1. The number of benzene rings is 1. The summed E-state index contributed by atoms with van der Waals surface area (Å²) in [6, 6.07) is 7.96. The Morgan fingerprint density at radius 2 is 2.00 bits per heavy atom. The zero-order valence-corrected chi connectivity index (χ0v) is 15.7. The van der Waals surface area contributed by atoms with E-state index in [-0.39, 0.29) is 5.91 Å². The number of amides is 1. The van der Waals surface area contributed by atoms with Gasteiger partial charge in [-0.05, 0) is 12.5 Å². The minimum atomic E-state index is 0.243. The standard InChI is InChI=1S/C20H32N2O3/c1-3-4-5-10-20(23)22(12-11-21-13-15-25-16-14-21)17-18-8-6-7-9-19(18)24-2/h6-9H,3-5,10-17H2,1-2H3. The lowest BCUT2D eigenvalue weighted by atomic mass is 10.1. The van der Waals surface area contributed by atoms with Gasteiger partial charge in [-0.15, -0.1) is 0 Å². The quantitative estimate of drug-likeness (QED) is 0.610. The number of hydrogen-bond acceptors (Lipinski definition) is 4. The van der Waals surface area contributed by atoms with E-state index in [0.717, 1.165) is 70.0 Å². The fraction of sp³-hybridized carbons (Fsp3) is 0.650. The summed E-state index contributed by atoms with van der Waals surface area (Å²) >= 11 is 0. The fourth-order valence-electron chi connectivity index (χ4n) is 3.10. The first-order chi connectivity index (χ1) is 12.2. The van der Waals surface area contributed by atoms with Crippen LogP contribution in [0.15, 0.2) is 24.3 Å². The molecule has 0 aliphatic carbocycles. The van der Waals surface area contributed by atoms with Crippen molar-refractivity contribution in [2.45, 2.75) is 39.2 Å². The first-order valence-electron chi connectivity index (χ1n) is 9.44. The van der Waals surface area contributed by atoms with E-state index in [1.807, 2.05) is 29.2 Å². The van der Waals surface area contributed by atoms with Crippen LogP contribution >= 0.6 is 0 Å². The van der Waals surface area contributed by atoms with Gasteiger partial charge in [-0.2, -0.15) is 0 Å². The molecule has 1 aliphatic rings. The Bertz CT molecular complexity index is 515. The molecule has 25 heavy (non-hydrogen) atoms. The molecular weight excluding hydrogens is 316 g/mol. The molecule has 140 valence electrons. The Morgan fingerprint density at radius 1 is 1.24 bits per heavy atom. The van der Waals surface area contributed by atoms with E-state index in [4.69, 9.17) is 9.47 Å². The van der Waals surface area contributed by atoms with Crippen LogP contribution in [-0.2, 0) is 16.1 Å². The second-order valence-corrected chi connectivity index (χ2v) is 6.54. The smallest absolute Gasteiger partial charge is 0.222 e. The minimum absolute atomic E-state index is 0.243. The van der Waals surface area contributed by atoms with Crippen LogP contribution in [0.1, 0.15) is 38.2 Å². The molecule has 2 rings (SSSR count). The van der Waals surface area contributed by atoms with Crippen LogP contribution in [0, 0.1) is 0 Å². The van der Waals surface area contributed by atoms with Crippen molar-refractivity contribution >= 4 is 5.91 Å². The summed E-state index contributed by atoms with van der Waals surface area (Å²) in [6.45, 7) is 7.91. The van der Waals surface area contributed by atoms with Gasteiger partial charge in [-0.1, -0.05) is 38.0 Å². The fourth-order valence-corrected chi connectivity index (χ4v) is 3.10. The van der Waals surface area contributed by atoms with Crippen molar-refractivity contribution in [1.82, 2.24) is 9.80 Å². The van der Waals surface area contributed by atoms with Gasteiger partial charge in [-0.3, -0.25) is 9.69 Å². The third-order valence-electron chi connectivity index (χ3n) is 4.69. The van der Waals surface area contributed by atoms with Crippen LogP contribution < -0.4 is 4.74 Å². The van der Waals surface area contributed by atoms with Gasteiger partial charge in [0.15, 0.2) is 0 Å². The van der Waals surface area contributed by atoms with Gasteiger partial charge < -0.3 is 14.4 Å². The molecule has 1 heterocycles. The second-order valence-electron chi connectivity index (χ2n) is 6.54. The Morgan fingerprint density at radius 3 is 2.72 bits per heavy atom. The molecule has 0 radical (unpaired) electrons. The normalized spacial score (nSPS) is 15.1. The van der Waals surface area contributed by atoms with Gasteiger partial charge in [0.05, 0.1) is 20.3 Å². The molecule has 1 aromatic rings. The number of morpholine rings is 1. The van der Waals surface area contributed by atoms with E-state index in [0.29, 0.717) is 13.0 Å². The molecule has 0 spiro atoms. The highest BCUT2D eigenvalue weighted by atomic mass is 16.5. The predicted molar refractivity (Wildman–Crippen MR) is 99.8 cm³/mol. The van der Waals surface area contributed by atoms with E-state index in [9.17, 15) is 4.79 Å². The number of methoxy groups -OCH3 is 1. The summed E-state index contributed by atoms with van der Waals surface area (Å²) in [6.07, 6.45) is 3.84. The topological polar surface area (TPSA) is 42.0 Å². The van der Waals surface area contributed by atoms with E-state index >= 15 is 0 Å². The number of rotatable bonds is 10. The molecule has 0 unspecified atom stereocenters. The number of ether oxygens (including phenoxy) is 2. The van der Waals surface area contributed by atoms with Gasteiger partial charge >= 0.3 is 0 Å². The summed E-state index contributed by atoms with van der Waals surface area (Å²) in [5.41, 5.74) is 1.07. The lowest BCUT2D eigenvalue weighted by Gasteiger charge is -2.30. The van der Waals surface area contributed by atoms with E-state index in [1.165, 1.54) is 0 Å². The predicted octanol–water partition coefficient (Wildman–Crippen LogP) is 2.94. The Balaban J connectivity index is 1.98. The zero-order chi connectivity index (χ0) is 17.9.